The highest BCUT2D eigenvalue weighted by Crippen LogP contribution is 2.11. The van der Waals surface area contributed by atoms with Gasteiger partial charge in [0.05, 0.1) is 12.6 Å². The molecule has 5 heteroatoms. The van der Waals surface area contributed by atoms with Crippen molar-refractivity contribution in [3.05, 3.63) is 27.8 Å². The SMILES string of the molecule is O=C(CNc1ccc(I)cc1)NCC1CCCO1. The number of halogens is 1. The van der Waals surface area contributed by atoms with Crippen molar-refractivity contribution in [2.75, 3.05) is 25.0 Å². The van der Waals surface area contributed by atoms with Crippen molar-refractivity contribution in [1.29, 1.82) is 0 Å². The van der Waals surface area contributed by atoms with Gasteiger partial charge >= 0.3 is 0 Å². The summed E-state index contributed by atoms with van der Waals surface area (Å²) in [4.78, 5) is 11.6. The van der Waals surface area contributed by atoms with Crippen LogP contribution in [0.1, 0.15) is 12.8 Å². The molecule has 1 amide bonds. The maximum Gasteiger partial charge on any atom is 0.239 e. The number of nitrogens with one attached hydrogen (secondary N) is 2. The Balaban J connectivity index is 1.66. The highest BCUT2D eigenvalue weighted by atomic mass is 127. The number of hydrogen-bond acceptors (Lipinski definition) is 3. The molecule has 1 unspecified atom stereocenters. The van der Waals surface area contributed by atoms with Gasteiger partial charge in [0.1, 0.15) is 0 Å². The number of carbonyl (C=O) groups is 1. The standard InChI is InChI=1S/C13H17IN2O2/c14-10-3-5-11(6-4-10)15-9-13(17)16-8-12-2-1-7-18-12/h3-6,12,15H,1-2,7-9H2,(H,16,17). The van der Waals surface area contributed by atoms with Crippen molar-refractivity contribution in [2.24, 2.45) is 0 Å². The molecule has 98 valence electrons. The number of benzene rings is 1. The Morgan fingerprint density at radius 1 is 1.39 bits per heavy atom. The molecule has 1 aliphatic heterocycles. The van der Waals surface area contributed by atoms with Gasteiger partial charge in [0.15, 0.2) is 0 Å². The summed E-state index contributed by atoms with van der Waals surface area (Å²) in [6.07, 6.45) is 2.35. The summed E-state index contributed by atoms with van der Waals surface area (Å²) in [5, 5.41) is 5.97. The summed E-state index contributed by atoms with van der Waals surface area (Å²) in [7, 11) is 0. The summed E-state index contributed by atoms with van der Waals surface area (Å²) >= 11 is 2.25. The molecular weight excluding hydrogens is 343 g/mol. The molecule has 1 aliphatic rings. The highest BCUT2D eigenvalue weighted by molar-refractivity contribution is 14.1. The van der Waals surface area contributed by atoms with Crippen molar-refractivity contribution in [3.8, 4) is 0 Å². The largest absolute Gasteiger partial charge is 0.376 e. The van der Waals surface area contributed by atoms with Crippen molar-refractivity contribution in [3.63, 3.8) is 0 Å². The molecule has 0 saturated carbocycles. The Morgan fingerprint density at radius 3 is 2.83 bits per heavy atom. The van der Waals surface area contributed by atoms with Gasteiger partial charge in [-0.1, -0.05) is 0 Å². The van der Waals surface area contributed by atoms with E-state index in [9.17, 15) is 4.79 Å². The molecule has 1 aromatic rings. The number of anilines is 1. The van der Waals surface area contributed by atoms with Crippen LogP contribution in [0.4, 0.5) is 5.69 Å². The van der Waals surface area contributed by atoms with Gasteiger partial charge < -0.3 is 15.4 Å². The first-order valence-corrected chi connectivity index (χ1v) is 7.19. The zero-order chi connectivity index (χ0) is 12.8. The zero-order valence-electron chi connectivity index (χ0n) is 10.1. The zero-order valence-corrected chi connectivity index (χ0v) is 12.3. The molecule has 0 radical (unpaired) electrons. The normalized spacial score (nSPS) is 18.6. The van der Waals surface area contributed by atoms with E-state index in [1.54, 1.807) is 0 Å². The monoisotopic (exact) mass is 360 g/mol. The molecule has 18 heavy (non-hydrogen) atoms. The Bertz CT molecular complexity index is 388. The molecule has 2 N–H and O–H groups in total. The summed E-state index contributed by atoms with van der Waals surface area (Å²) in [6.45, 7) is 1.74. The molecule has 0 bridgehead atoms. The average Bonchev–Trinajstić information content (AvgIpc) is 2.89. The molecule has 4 nitrogen and oxygen atoms in total. The van der Waals surface area contributed by atoms with Crippen LogP contribution in [0.2, 0.25) is 0 Å². The van der Waals surface area contributed by atoms with Crippen LogP contribution < -0.4 is 10.6 Å². The van der Waals surface area contributed by atoms with E-state index in [0.29, 0.717) is 13.1 Å². The van der Waals surface area contributed by atoms with Gasteiger partial charge in [-0.15, -0.1) is 0 Å². The molecule has 0 spiro atoms. The topological polar surface area (TPSA) is 50.4 Å². The van der Waals surface area contributed by atoms with E-state index in [2.05, 4.69) is 33.2 Å². The lowest BCUT2D eigenvalue weighted by Gasteiger charge is -2.11. The van der Waals surface area contributed by atoms with Gasteiger partial charge in [-0.3, -0.25) is 4.79 Å². The van der Waals surface area contributed by atoms with Gasteiger partial charge in [0, 0.05) is 22.4 Å². The van der Waals surface area contributed by atoms with Crippen LogP contribution in [0.25, 0.3) is 0 Å². The van der Waals surface area contributed by atoms with Crippen LogP contribution >= 0.6 is 22.6 Å². The number of ether oxygens (including phenoxy) is 1. The van der Waals surface area contributed by atoms with Crippen molar-refractivity contribution < 1.29 is 9.53 Å². The Kier molecular flexibility index (Phi) is 5.25. The number of hydrogen-bond donors (Lipinski definition) is 2. The van der Waals surface area contributed by atoms with E-state index in [0.717, 1.165) is 25.1 Å². The van der Waals surface area contributed by atoms with Gasteiger partial charge in [0.25, 0.3) is 0 Å². The fourth-order valence-corrected chi connectivity index (χ4v) is 2.21. The van der Waals surface area contributed by atoms with Crippen LogP contribution in [0.5, 0.6) is 0 Å². The summed E-state index contributed by atoms with van der Waals surface area (Å²) in [6, 6.07) is 7.95. The lowest BCUT2D eigenvalue weighted by Crippen LogP contribution is -2.35. The van der Waals surface area contributed by atoms with Gasteiger partial charge in [-0.2, -0.15) is 0 Å². The van der Waals surface area contributed by atoms with Crippen molar-refractivity contribution >= 4 is 34.2 Å². The van der Waals surface area contributed by atoms with E-state index in [4.69, 9.17) is 4.74 Å². The second kappa shape index (κ2) is 6.94. The van der Waals surface area contributed by atoms with Crippen LogP contribution in [0.15, 0.2) is 24.3 Å². The van der Waals surface area contributed by atoms with Crippen molar-refractivity contribution in [1.82, 2.24) is 5.32 Å². The molecule has 1 saturated heterocycles. The predicted molar refractivity (Wildman–Crippen MR) is 79.6 cm³/mol. The second-order valence-electron chi connectivity index (χ2n) is 4.30. The summed E-state index contributed by atoms with van der Waals surface area (Å²) in [5.74, 6) is 0.00375. The fourth-order valence-electron chi connectivity index (χ4n) is 1.85. The third-order valence-electron chi connectivity index (χ3n) is 2.85. The molecule has 0 aromatic heterocycles. The van der Waals surface area contributed by atoms with Crippen LogP contribution in [0, 0.1) is 3.57 Å². The molecular formula is C13H17IN2O2. The van der Waals surface area contributed by atoms with Gasteiger partial charge in [-0.25, -0.2) is 0 Å². The number of carbonyl (C=O) groups excluding carboxylic acids is 1. The minimum atomic E-state index is 0.00375. The summed E-state index contributed by atoms with van der Waals surface area (Å²) in [5.41, 5.74) is 0.961. The summed E-state index contributed by atoms with van der Waals surface area (Å²) < 4.78 is 6.62. The maximum atomic E-state index is 11.6. The van der Waals surface area contributed by atoms with Crippen molar-refractivity contribution in [2.45, 2.75) is 18.9 Å². The fraction of sp³-hybridized carbons (Fsp3) is 0.462. The van der Waals surface area contributed by atoms with E-state index in [1.807, 2.05) is 24.3 Å². The average molecular weight is 360 g/mol. The van der Waals surface area contributed by atoms with Crippen LogP contribution in [-0.4, -0.2) is 31.7 Å². The Hall–Kier alpha value is -0.820. The minimum Gasteiger partial charge on any atom is -0.376 e. The first-order chi connectivity index (χ1) is 8.74. The molecule has 1 fully saturated rings. The van der Waals surface area contributed by atoms with Gasteiger partial charge in [0.2, 0.25) is 5.91 Å². The molecule has 2 rings (SSSR count). The molecule has 0 aliphatic carbocycles. The van der Waals surface area contributed by atoms with E-state index >= 15 is 0 Å². The first-order valence-electron chi connectivity index (χ1n) is 6.12. The highest BCUT2D eigenvalue weighted by Gasteiger charge is 2.15. The lowest BCUT2D eigenvalue weighted by atomic mass is 10.2. The number of rotatable bonds is 5. The lowest BCUT2D eigenvalue weighted by molar-refractivity contribution is -0.119. The minimum absolute atomic E-state index is 0.00375. The third-order valence-corrected chi connectivity index (χ3v) is 3.57. The Morgan fingerprint density at radius 2 is 2.17 bits per heavy atom. The first kappa shape index (κ1) is 13.6. The van der Waals surface area contributed by atoms with Crippen LogP contribution in [-0.2, 0) is 9.53 Å². The molecule has 1 heterocycles. The van der Waals surface area contributed by atoms with Crippen LogP contribution in [0.3, 0.4) is 0 Å². The second-order valence-corrected chi connectivity index (χ2v) is 5.55. The Labute approximate surface area is 121 Å². The number of amides is 1. The molecule has 1 atom stereocenters. The molecule has 1 aromatic carbocycles. The van der Waals surface area contributed by atoms with E-state index < -0.39 is 0 Å². The van der Waals surface area contributed by atoms with Gasteiger partial charge in [-0.05, 0) is 59.7 Å². The third kappa shape index (κ3) is 4.45. The van der Waals surface area contributed by atoms with E-state index in [1.165, 1.54) is 3.57 Å². The quantitative estimate of drug-likeness (QED) is 0.790. The maximum absolute atomic E-state index is 11.6. The smallest absolute Gasteiger partial charge is 0.239 e. The van der Waals surface area contributed by atoms with E-state index in [-0.39, 0.29) is 12.0 Å². The predicted octanol–water partition coefficient (Wildman–Crippen LogP) is 2.00.